The molecule has 11 heteroatoms. The first-order valence-corrected chi connectivity index (χ1v) is 10.5. The molecule has 3 aromatic carbocycles. The first-order chi connectivity index (χ1) is 16.5. The molecule has 0 saturated heterocycles. The summed E-state index contributed by atoms with van der Waals surface area (Å²) < 4.78 is 13.5. The van der Waals surface area contributed by atoms with Crippen LogP contribution in [0.25, 0.3) is 0 Å². The molecule has 10 nitrogen and oxygen atoms in total. The molecule has 0 spiro atoms. The molecular weight excluding hydrogens is 437 g/mol. The number of carbonyl (C=O) groups is 1. The van der Waals surface area contributed by atoms with Crippen molar-refractivity contribution in [1.29, 1.82) is 0 Å². The van der Waals surface area contributed by atoms with Gasteiger partial charge in [0.25, 0.3) is 5.69 Å². The first kappa shape index (κ1) is 21.1. The Balaban J connectivity index is 1.66. The Kier molecular flexibility index (Phi) is 5.13. The fourth-order valence-corrected chi connectivity index (χ4v) is 3.92. The van der Waals surface area contributed by atoms with Gasteiger partial charge in [-0.1, -0.05) is 60.7 Å². The number of nitro groups is 1. The Morgan fingerprint density at radius 3 is 2.32 bits per heavy atom. The summed E-state index contributed by atoms with van der Waals surface area (Å²) in [5.74, 6) is -0.736. The second-order valence-electron chi connectivity index (χ2n) is 7.65. The lowest BCUT2D eigenvalue weighted by atomic mass is 9.62. The minimum Gasteiger partial charge on any atom is -0.599 e. The number of anilines is 1. The third kappa shape index (κ3) is 3.49. The number of carbonyl (C=O) groups excluding carboxylic acids is 1. The molecule has 3 aromatic rings. The van der Waals surface area contributed by atoms with Crippen LogP contribution in [0.2, 0.25) is 0 Å². The molecule has 2 aliphatic rings. The number of nitrogens with zero attached hydrogens (tertiary/aromatic N) is 4. The molecular formula is C23H18BN5O5. The van der Waals surface area contributed by atoms with Crippen molar-refractivity contribution >= 4 is 46.8 Å². The number of rotatable bonds is 5. The maximum atomic E-state index is 13.1. The number of hydrogen-bond acceptors (Lipinski definition) is 8. The van der Waals surface area contributed by atoms with Crippen molar-refractivity contribution in [3.8, 4) is 0 Å². The maximum Gasteiger partial charge on any atom is 0.712 e. The zero-order chi connectivity index (χ0) is 23.7. The minimum absolute atomic E-state index is 0.00782. The van der Waals surface area contributed by atoms with E-state index < -0.39 is 17.6 Å². The van der Waals surface area contributed by atoms with E-state index in [1.54, 1.807) is 55.5 Å². The van der Waals surface area contributed by atoms with Gasteiger partial charge in [0.2, 0.25) is 11.6 Å². The van der Waals surface area contributed by atoms with Gasteiger partial charge in [0.1, 0.15) is 5.56 Å². The second-order valence-corrected chi connectivity index (χ2v) is 7.65. The Morgan fingerprint density at radius 1 is 0.971 bits per heavy atom. The molecule has 0 amide bonds. The molecule has 0 saturated carbocycles. The largest absolute Gasteiger partial charge is 0.712 e. The SMILES string of the molecule is CC1=[N+]2N=C(c3ccccc3[N+](=O)[O-])O[B-]2(c2ccccc2)OC(=O)/C1=N\Nc1ccccc1. The summed E-state index contributed by atoms with van der Waals surface area (Å²) in [7, 11) is 0. The van der Waals surface area contributed by atoms with Crippen molar-refractivity contribution in [2.75, 3.05) is 5.43 Å². The zero-order valence-corrected chi connectivity index (χ0v) is 18.0. The molecule has 0 fully saturated rings. The Labute approximate surface area is 194 Å². The molecule has 2 aliphatic heterocycles. The summed E-state index contributed by atoms with van der Waals surface area (Å²) in [5, 5.41) is 20.4. The summed E-state index contributed by atoms with van der Waals surface area (Å²) in [4.78, 5) is 24.2. The molecule has 1 unspecified atom stereocenters. The second kappa shape index (κ2) is 8.28. The normalized spacial score (nSPS) is 20.3. The Bertz CT molecular complexity index is 1390. The smallest absolute Gasteiger partial charge is 0.599 e. The lowest BCUT2D eigenvalue weighted by molar-refractivity contribution is -0.421. The van der Waals surface area contributed by atoms with Crippen molar-refractivity contribution < 1.29 is 23.6 Å². The first-order valence-electron chi connectivity index (χ1n) is 10.5. The molecule has 1 atom stereocenters. The van der Waals surface area contributed by atoms with Crippen LogP contribution in [0.4, 0.5) is 11.4 Å². The lowest BCUT2D eigenvalue weighted by Crippen LogP contribution is -2.66. The number of para-hydroxylation sites is 2. The van der Waals surface area contributed by atoms with Crippen molar-refractivity contribution in [3.63, 3.8) is 0 Å². The average molecular weight is 455 g/mol. The molecule has 2 heterocycles. The van der Waals surface area contributed by atoms with E-state index in [0.29, 0.717) is 16.9 Å². The van der Waals surface area contributed by atoms with E-state index in [4.69, 9.17) is 9.31 Å². The van der Waals surface area contributed by atoms with Gasteiger partial charge in [0, 0.05) is 13.0 Å². The van der Waals surface area contributed by atoms with Crippen LogP contribution in [0.1, 0.15) is 12.5 Å². The fraction of sp³-hybridized carbons (Fsp3) is 0.0435. The Morgan fingerprint density at radius 2 is 1.62 bits per heavy atom. The van der Waals surface area contributed by atoms with Crippen LogP contribution in [0.3, 0.4) is 0 Å². The Hall–Kier alpha value is -4.80. The van der Waals surface area contributed by atoms with Crippen LogP contribution in [-0.2, 0) is 14.1 Å². The third-order valence-corrected chi connectivity index (χ3v) is 5.56. The quantitative estimate of drug-likeness (QED) is 0.359. The average Bonchev–Trinajstić information content (AvgIpc) is 3.26. The highest BCUT2D eigenvalue weighted by Crippen LogP contribution is 2.29. The standard InChI is InChI=1S/C23H18BN5O5/c1-16-21(26-25-18-12-6-3-7-13-18)23(30)34-24(17-10-4-2-5-11-17)28(16)27-22(33-24)19-14-8-9-15-20(19)29(31)32/h2-15,25H,1H3/b26-21-. The van der Waals surface area contributed by atoms with Crippen LogP contribution in [-0.4, -0.2) is 39.5 Å². The van der Waals surface area contributed by atoms with Gasteiger partial charge in [-0.05, 0) is 28.8 Å². The highest BCUT2D eigenvalue weighted by Gasteiger charge is 2.61. The van der Waals surface area contributed by atoms with E-state index in [-0.39, 0.29) is 22.9 Å². The molecule has 0 aromatic heterocycles. The topological polar surface area (TPSA) is 118 Å². The number of nitrogens with one attached hydrogen (secondary N) is 1. The van der Waals surface area contributed by atoms with Gasteiger partial charge in [-0.2, -0.15) is 5.10 Å². The molecule has 1 N–H and O–H groups in total. The van der Waals surface area contributed by atoms with Gasteiger partial charge in [0.05, 0.1) is 10.6 Å². The highest BCUT2D eigenvalue weighted by molar-refractivity contribution is 6.83. The molecule has 34 heavy (non-hydrogen) atoms. The molecule has 0 aliphatic carbocycles. The van der Waals surface area contributed by atoms with Crippen molar-refractivity contribution in [3.05, 3.63) is 101 Å². The van der Waals surface area contributed by atoms with Crippen molar-refractivity contribution in [2.45, 2.75) is 6.92 Å². The third-order valence-electron chi connectivity index (χ3n) is 5.56. The predicted molar refractivity (Wildman–Crippen MR) is 127 cm³/mol. The van der Waals surface area contributed by atoms with Crippen LogP contribution >= 0.6 is 0 Å². The highest BCUT2D eigenvalue weighted by atomic mass is 16.7. The number of fused-ring (bicyclic) bond motifs is 1. The van der Waals surface area contributed by atoms with Crippen LogP contribution in [0.15, 0.2) is 95.1 Å². The van der Waals surface area contributed by atoms with Crippen LogP contribution in [0.5, 0.6) is 0 Å². The number of benzene rings is 3. The van der Waals surface area contributed by atoms with Crippen LogP contribution < -0.4 is 10.9 Å². The number of hydrogen-bond donors (Lipinski definition) is 1. The van der Waals surface area contributed by atoms with E-state index in [2.05, 4.69) is 15.6 Å². The van der Waals surface area contributed by atoms with Gasteiger partial charge in [-0.3, -0.25) is 15.5 Å². The van der Waals surface area contributed by atoms with E-state index in [1.165, 1.54) is 16.7 Å². The maximum absolute atomic E-state index is 13.1. The van der Waals surface area contributed by atoms with Gasteiger partial charge in [-0.15, -0.1) is 0 Å². The zero-order valence-electron chi connectivity index (χ0n) is 18.0. The lowest BCUT2D eigenvalue weighted by Gasteiger charge is -2.32. The molecule has 0 bridgehead atoms. The molecule has 168 valence electrons. The predicted octanol–water partition coefficient (Wildman–Crippen LogP) is 2.63. The minimum atomic E-state index is -2.64. The van der Waals surface area contributed by atoms with Gasteiger partial charge in [0.15, 0.2) is 5.71 Å². The monoisotopic (exact) mass is 455 g/mol. The summed E-state index contributed by atoms with van der Waals surface area (Å²) >= 11 is 0. The van der Waals surface area contributed by atoms with E-state index in [0.717, 1.165) is 0 Å². The summed E-state index contributed by atoms with van der Waals surface area (Å²) in [5.41, 5.74) is 4.44. The summed E-state index contributed by atoms with van der Waals surface area (Å²) in [6, 6.07) is 24.1. The van der Waals surface area contributed by atoms with Crippen molar-refractivity contribution in [2.24, 2.45) is 10.2 Å². The van der Waals surface area contributed by atoms with E-state index >= 15 is 0 Å². The fourth-order valence-electron chi connectivity index (χ4n) is 3.92. The number of nitro benzene ring substituents is 1. The van der Waals surface area contributed by atoms with Gasteiger partial charge >= 0.3 is 12.7 Å². The summed E-state index contributed by atoms with van der Waals surface area (Å²) in [6.45, 7) is -0.968. The van der Waals surface area contributed by atoms with Crippen LogP contribution in [0, 0.1) is 10.1 Å². The summed E-state index contributed by atoms with van der Waals surface area (Å²) in [6.07, 6.45) is 0. The van der Waals surface area contributed by atoms with Gasteiger partial charge < -0.3 is 9.31 Å². The van der Waals surface area contributed by atoms with Crippen molar-refractivity contribution in [1.82, 2.24) is 0 Å². The van der Waals surface area contributed by atoms with E-state index in [9.17, 15) is 14.9 Å². The molecule has 5 rings (SSSR count). The van der Waals surface area contributed by atoms with E-state index in [1.807, 2.05) is 24.3 Å². The number of hydrazone groups is 2. The van der Waals surface area contributed by atoms with Gasteiger partial charge in [-0.25, -0.2) is 9.39 Å². The molecule has 0 radical (unpaired) electrons.